The smallest absolute Gasteiger partial charge is 0.318 e. The highest BCUT2D eigenvalue weighted by atomic mass is 16.6. The highest BCUT2D eigenvalue weighted by Crippen LogP contribution is 2.41. The predicted molar refractivity (Wildman–Crippen MR) is 140 cm³/mol. The molecule has 38 heavy (non-hydrogen) atoms. The van der Waals surface area contributed by atoms with Crippen LogP contribution in [0.25, 0.3) is 6.08 Å². The Labute approximate surface area is 217 Å². The second-order valence-electron chi connectivity index (χ2n) is 7.69. The Hall–Kier alpha value is -5.50. The van der Waals surface area contributed by atoms with Crippen LogP contribution in [0.1, 0.15) is 18.1 Å². The van der Waals surface area contributed by atoms with E-state index in [0.29, 0.717) is 16.8 Å². The van der Waals surface area contributed by atoms with E-state index >= 15 is 0 Å². The maximum absolute atomic E-state index is 12.7. The Bertz CT molecular complexity index is 1460. The van der Waals surface area contributed by atoms with Gasteiger partial charge in [0.25, 0.3) is 11.6 Å². The third-order valence-electron chi connectivity index (χ3n) is 5.09. The molecule has 1 amide bonds. The van der Waals surface area contributed by atoms with Gasteiger partial charge in [0.15, 0.2) is 11.5 Å². The Balaban J connectivity index is 2.07. The number of rotatable bonds is 11. The molecule has 3 rings (SSSR count). The number of carbonyl (C=O) groups is 1. The zero-order valence-corrected chi connectivity index (χ0v) is 20.2. The maximum Gasteiger partial charge on any atom is 0.318 e. The van der Waals surface area contributed by atoms with Crippen LogP contribution in [0.4, 0.5) is 17.1 Å². The van der Waals surface area contributed by atoms with Gasteiger partial charge in [0.1, 0.15) is 11.6 Å². The van der Waals surface area contributed by atoms with Crippen molar-refractivity contribution in [3.05, 3.63) is 110 Å². The molecule has 0 atom stereocenters. The van der Waals surface area contributed by atoms with Crippen molar-refractivity contribution in [1.82, 2.24) is 0 Å². The van der Waals surface area contributed by atoms with Crippen LogP contribution < -0.4 is 14.8 Å². The average molecular weight is 514 g/mol. The first kappa shape index (κ1) is 27.1. The molecular weight excluding hydrogens is 492 g/mol. The van der Waals surface area contributed by atoms with Gasteiger partial charge in [0.2, 0.25) is 5.75 Å². The normalized spacial score (nSPS) is 10.7. The highest BCUT2D eigenvalue weighted by Gasteiger charge is 2.24. The van der Waals surface area contributed by atoms with Crippen molar-refractivity contribution < 1.29 is 24.1 Å². The van der Waals surface area contributed by atoms with E-state index in [9.17, 15) is 30.3 Å². The minimum absolute atomic E-state index is 0.132. The number of hydrogen-bond donors (Lipinski definition) is 1. The van der Waals surface area contributed by atoms with Gasteiger partial charge >= 0.3 is 5.69 Å². The molecule has 0 aliphatic heterocycles. The van der Waals surface area contributed by atoms with Gasteiger partial charge in [-0.3, -0.25) is 25.0 Å². The summed E-state index contributed by atoms with van der Waals surface area (Å²) in [5.74, 6) is -0.515. The fourth-order valence-electron chi connectivity index (χ4n) is 3.45. The molecule has 0 aliphatic carbocycles. The van der Waals surface area contributed by atoms with E-state index in [2.05, 4.69) is 11.9 Å². The summed E-state index contributed by atoms with van der Waals surface area (Å²) < 4.78 is 11.6. The van der Waals surface area contributed by atoms with E-state index in [1.54, 1.807) is 49.4 Å². The van der Waals surface area contributed by atoms with Gasteiger partial charge in [-0.05, 0) is 55.3 Å². The zero-order chi connectivity index (χ0) is 27.7. The van der Waals surface area contributed by atoms with Crippen LogP contribution in [0.5, 0.6) is 17.2 Å². The van der Waals surface area contributed by atoms with Crippen LogP contribution in [-0.2, 0) is 11.2 Å². The molecule has 0 bridgehead atoms. The number of nitro groups is 2. The second kappa shape index (κ2) is 12.5. The highest BCUT2D eigenvalue weighted by molar-refractivity contribution is 6.09. The fourth-order valence-corrected chi connectivity index (χ4v) is 3.45. The number of benzene rings is 3. The molecule has 3 aromatic rings. The Morgan fingerprint density at radius 1 is 1.08 bits per heavy atom. The standard InChI is InChI=1S/C27H22N4O7/c1-3-8-19-13-18(14-20(17-28)27(32)29-21-9-6-5-7-10-21)15-25(37-4-2)26(19)38-24-12-11-22(30(33)34)16-23(24)31(35)36/h3,5-7,9-16H,1,4,8H2,2H3,(H,29,32)/b20-14+. The summed E-state index contributed by atoms with van der Waals surface area (Å²) in [6, 6.07) is 16.7. The topological polar surface area (TPSA) is 158 Å². The van der Waals surface area contributed by atoms with E-state index in [1.807, 2.05) is 6.07 Å². The van der Waals surface area contributed by atoms with E-state index in [1.165, 1.54) is 12.1 Å². The van der Waals surface area contributed by atoms with Crippen LogP contribution in [0.2, 0.25) is 0 Å². The second-order valence-corrected chi connectivity index (χ2v) is 7.69. The number of anilines is 1. The van der Waals surface area contributed by atoms with E-state index < -0.39 is 27.1 Å². The number of nitrogens with one attached hydrogen (secondary N) is 1. The maximum atomic E-state index is 12.7. The molecule has 0 unspecified atom stereocenters. The lowest BCUT2D eigenvalue weighted by Crippen LogP contribution is -2.13. The largest absolute Gasteiger partial charge is 0.490 e. The zero-order valence-electron chi connectivity index (χ0n) is 20.2. The summed E-state index contributed by atoms with van der Waals surface area (Å²) >= 11 is 0. The van der Waals surface area contributed by atoms with Crippen molar-refractivity contribution in [3.8, 4) is 23.3 Å². The molecule has 192 valence electrons. The molecule has 0 saturated heterocycles. The monoisotopic (exact) mass is 514 g/mol. The van der Waals surface area contributed by atoms with Gasteiger partial charge in [0.05, 0.1) is 22.5 Å². The lowest BCUT2D eigenvalue weighted by Gasteiger charge is -2.16. The fraction of sp³-hybridized carbons (Fsp3) is 0.111. The average Bonchev–Trinajstić information content (AvgIpc) is 2.89. The number of non-ortho nitro benzene ring substituents is 1. The first-order valence-electron chi connectivity index (χ1n) is 11.3. The minimum atomic E-state index is -0.780. The van der Waals surface area contributed by atoms with Crippen molar-refractivity contribution >= 4 is 29.0 Å². The first-order valence-corrected chi connectivity index (χ1v) is 11.3. The van der Waals surface area contributed by atoms with E-state index in [-0.39, 0.29) is 35.8 Å². The van der Waals surface area contributed by atoms with Crippen LogP contribution >= 0.6 is 0 Å². The Kier molecular flexibility index (Phi) is 8.88. The summed E-state index contributed by atoms with van der Waals surface area (Å²) in [6.07, 6.45) is 3.20. The molecule has 0 aromatic heterocycles. The molecule has 0 radical (unpaired) electrons. The van der Waals surface area contributed by atoms with E-state index in [0.717, 1.165) is 18.2 Å². The summed E-state index contributed by atoms with van der Waals surface area (Å²) in [7, 11) is 0. The molecule has 11 heteroatoms. The summed E-state index contributed by atoms with van der Waals surface area (Å²) in [4.78, 5) is 33.8. The van der Waals surface area contributed by atoms with Crippen molar-refractivity contribution in [2.45, 2.75) is 13.3 Å². The lowest BCUT2D eigenvalue weighted by atomic mass is 10.0. The minimum Gasteiger partial charge on any atom is -0.490 e. The van der Waals surface area contributed by atoms with Gasteiger partial charge in [-0.25, -0.2) is 0 Å². The van der Waals surface area contributed by atoms with Gasteiger partial charge < -0.3 is 14.8 Å². The third-order valence-corrected chi connectivity index (χ3v) is 5.09. The van der Waals surface area contributed by atoms with Crippen LogP contribution in [0.15, 0.2) is 78.9 Å². The number of hydrogen-bond acceptors (Lipinski definition) is 8. The molecule has 0 saturated carbocycles. The van der Waals surface area contributed by atoms with E-state index in [4.69, 9.17) is 9.47 Å². The van der Waals surface area contributed by atoms with Crippen LogP contribution in [0.3, 0.4) is 0 Å². The summed E-state index contributed by atoms with van der Waals surface area (Å²) in [6.45, 7) is 5.66. The Morgan fingerprint density at radius 2 is 1.82 bits per heavy atom. The number of nitrogens with zero attached hydrogens (tertiary/aromatic N) is 3. The van der Waals surface area contributed by atoms with Crippen LogP contribution in [0, 0.1) is 31.6 Å². The van der Waals surface area contributed by atoms with Crippen molar-refractivity contribution in [2.24, 2.45) is 0 Å². The molecule has 3 aromatic carbocycles. The third kappa shape index (κ3) is 6.58. The van der Waals surface area contributed by atoms with Gasteiger partial charge in [-0.1, -0.05) is 24.3 Å². The number of carbonyl (C=O) groups excluding carboxylic acids is 1. The SMILES string of the molecule is C=CCc1cc(/C=C(\C#N)C(=O)Nc2ccccc2)cc(OCC)c1Oc1ccc([N+](=O)[O-])cc1[N+](=O)[O-]. The predicted octanol–water partition coefficient (Wildman–Crippen LogP) is 5.97. The molecule has 0 spiro atoms. The number of nitro benzene ring substituents is 2. The van der Waals surface area contributed by atoms with Crippen LogP contribution in [-0.4, -0.2) is 22.4 Å². The molecular formula is C27H22N4O7. The van der Waals surface area contributed by atoms with Gasteiger partial charge in [0, 0.05) is 17.3 Å². The first-order chi connectivity index (χ1) is 18.3. The van der Waals surface area contributed by atoms with Crippen molar-refractivity contribution in [3.63, 3.8) is 0 Å². The van der Waals surface area contributed by atoms with Gasteiger partial charge in [-0.2, -0.15) is 5.26 Å². The molecule has 11 nitrogen and oxygen atoms in total. The number of nitriles is 1. The summed E-state index contributed by atoms with van der Waals surface area (Å²) in [5.41, 5.74) is 0.231. The molecule has 0 aliphatic rings. The molecule has 0 fully saturated rings. The quantitative estimate of drug-likeness (QED) is 0.108. The number of amides is 1. The van der Waals surface area contributed by atoms with Crippen molar-refractivity contribution in [1.29, 1.82) is 5.26 Å². The van der Waals surface area contributed by atoms with Crippen molar-refractivity contribution in [2.75, 3.05) is 11.9 Å². The lowest BCUT2D eigenvalue weighted by molar-refractivity contribution is -0.394. The van der Waals surface area contributed by atoms with Gasteiger partial charge in [-0.15, -0.1) is 6.58 Å². The molecule has 0 heterocycles. The number of ether oxygens (including phenoxy) is 2. The Morgan fingerprint density at radius 3 is 2.42 bits per heavy atom. The number of allylic oxidation sites excluding steroid dienone is 1. The summed E-state index contributed by atoms with van der Waals surface area (Å²) in [5, 5.41) is 34.9. The molecule has 1 N–H and O–H groups in total. The number of para-hydroxylation sites is 1.